The Balaban J connectivity index is 2.14. The van der Waals surface area contributed by atoms with Crippen molar-refractivity contribution in [3.63, 3.8) is 0 Å². The Bertz CT molecular complexity index is 1160. The molecule has 0 bridgehead atoms. The Morgan fingerprint density at radius 3 is 2.62 bits per heavy atom. The molecule has 0 fully saturated rings. The highest BCUT2D eigenvalue weighted by Gasteiger charge is 2.19. The summed E-state index contributed by atoms with van der Waals surface area (Å²) in [7, 11) is 0. The number of hydrogen-bond acceptors (Lipinski definition) is 5. The third-order valence-corrected chi connectivity index (χ3v) is 3.95. The maximum absolute atomic E-state index is 12.3. The molecule has 0 N–H and O–H groups in total. The van der Waals surface area contributed by atoms with Crippen LogP contribution < -0.4 is 5.63 Å². The minimum Gasteiger partial charge on any atom is -0.422 e. The van der Waals surface area contributed by atoms with Crippen molar-refractivity contribution in [1.82, 2.24) is 9.78 Å². The van der Waals surface area contributed by atoms with Crippen molar-refractivity contribution in [3.05, 3.63) is 74.8 Å². The Morgan fingerprint density at radius 2 is 1.92 bits per heavy atom. The second-order valence-electron chi connectivity index (χ2n) is 5.38. The van der Waals surface area contributed by atoms with Gasteiger partial charge < -0.3 is 4.42 Å². The van der Waals surface area contributed by atoms with Gasteiger partial charge >= 0.3 is 5.63 Å². The molecule has 2 aromatic heterocycles. The van der Waals surface area contributed by atoms with E-state index in [2.05, 4.69) is 5.10 Å². The number of hydrogen-bond donors (Lipinski definition) is 0. The lowest BCUT2D eigenvalue weighted by Gasteiger charge is -2.02. The number of benzene rings is 2. The molecule has 0 aliphatic rings. The first-order valence-corrected chi connectivity index (χ1v) is 7.22. The molecule has 0 amide bonds. The zero-order valence-corrected chi connectivity index (χ0v) is 12.6. The zero-order valence-electron chi connectivity index (χ0n) is 12.6. The van der Waals surface area contributed by atoms with Gasteiger partial charge in [0.2, 0.25) is 0 Å². The predicted molar refractivity (Wildman–Crippen MR) is 88.5 cm³/mol. The van der Waals surface area contributed by atoms with Gasteiger partial charge in [-0.2, -0.15) is 5.10 Å². The van der Waals surface area contributed by atoms with Gasteiger partial charge in [-0.05, 0) is 25.1 Å². The lowest BCUT2D eigenvalue weighted by Crippen LogP contribution is -2.01. The second-order valence-corrected chi connectivity index (χ2v) is 5.38. The minimum absolute atomic E-state index is 0.0791. The summed E-state index contributed by atoms with van der Waals surface area (Å²) in [5.41, 5.74) is 1.50. The highest BCUT2D eigenvalue weighted by Crippen LogP contribution is 2.28. The highest BCUT2D eigenvalue weighted by atomic mass is 16.6. The van der Waals surface area contributed by atoms with Gasteiger partial charge in [-0.15, -0.1) is 0 Å². The summed E-state index contributed by atoms with van der Waals surface area (Å²) in [4.78, 5) is 22.9. The van der Waals surface area contributed by atoms with E-state index in [1.807, 2.05) is 30.3 Å². The van der Waals surface area contributed by atoms with E-state index in [-0.39, 0.29) is 11.3 Å². The van der Waals surface area contributed by atoms with Gasteiger partial charge in [-0.1, -0.05) is 18.2 Å². The van der Waals surface area contributed by atoms with E-state index in [1.54, 1.807) is 11.6 Å². The van der Waals surface area contributed by atoms with Crippen molar-refractivity contribution in [2.24, 2.45) is 0 Å². The Morgan fingerprint density at radius 1 is 1.17 bits per heavy atom. The van der Waals surface area contributed by atoms with Crippen LogP contribution in [0.25, 0.3) is 27.6 Å². The summed E-state index contributed by atoms with van der Waals surface area (Å²) >= 11 is 0. The summed E-state index contributed by atoms with van der Waals surface area (Å²) in [6.45, 7) is 1.77. The Kier molecular flexibility index (Phi) is 2.96. The standard InChI is InChI=1S/C17H11N3O4/c1-10-15-16(18-19(10)11-5-3-2-4-6-11)13-9-12(20(22)23)7-8-14(13)24-17(15)21/h2-9H,1H3. The van der Waals surface area contributed by atoms with Gasteiger partial charge in [0.25, 0.3) is 5.69 Å². The van der Waals surface area contributed by atoms with Crippen LogP contribution >= 0.6 is 0 Å². The number of aryl methyl sites for hydroxylation is 1. The fourth-order valence-corrected chi connectivity index (χ4v) is 2.81. The number of nitro groups is 1. The summed E-state index contributed by atoms with van der Waals surface area (Å²) in [5.74, 6) is 0. The number of aromatic nitrogens is 2. The molecule has 0 aliphatic carbocycles. The minimum atomic E-state index is -0.508. The third kappa shape index (κ3) is 1.98. The summed E-state index contributed by atoms with van der Waals surface area (Å²) in [5, 5.41) is 16.3. The molecule has 4 rings (SSSR count). The number of para-hydroxylation sites is 1. The lowest BCUT2D eigenvalue weighted by atomic mass is 10.1. The van der Waals surface area contributed by atoms with Crippen molar-refractivity contribution in [2.75, 3.05) is 0 Å². The first-order valence-electron chi connectivity index (χ1n) is 7.22. The molecule has 2 aromatic carbocycles. The van der Waals surface area contributed by atoms with Crippen LogP contribution in [0.15, 0.2) is 57.7 Å². The van der Waals surface area contributed by atoms with Gasteiger partial charge in [-0.25, -0.2) is 9.48 Å². The quantitative estimate of drug-likeness (QED) is 0.321. The van der Waals surface area contributed by atoms with Crippen molar-refractivity contribution < 1.29 is 9.34 Å². The van der Waals surface area contributed by atoms with Crippen LogP contribution in [0.1, 0.15) is 5.69 Å². The molecule has 0 saturated heterocycles. The largest absolute Gasteiger partial charge is 0.422 e. The molecule has 0 saturated carbocycles. The molecule has 118 valence electrons. The van der Waals surface area contributed by atoms with Gasteiger partial charge in [0.1, 0.15) is 16.5 Å². The van der Waals surface area contributed by atoms with E-state index in [0.29, 0.717) is 22.0 Å². The molecule has 7 heteroatoms. The number of nitro benzene ring substituents is 1. The SMILES string of the molecule is Cc1c2c(=O)oc3ccc([N+](=O)[O-])cc3c2nn1-c1ccccc1. The van der Waals surface area contributed by atoms with Gasteiger partial charge in [-0.3, -0.25) is 10.1 Å². The van der Waals surface area contributed by atoms with Crippen LogP contribution in [-0.4, -0.2) is 14.7 Å². The highest BCUT2D eigenvalue weighted by molar-refractivity contribution is 6.03. The molecule has 0 radical (unpaired) electrons. The van der Waals surface area contributed by atoms with E-state index >= 15 is 0 Å². The van der Waals surface area contributed by atoms with E-state index < -0.39 is 10.5 Å². The van der Waals surface area contributed by atoms with Gasteiger partial charge in [0, 0.05) is 12.1 Å². The molecule has 2 heterocycles. The topological polar surface area (TPSA) is 91.2 Å². The summed E-state index contributed by atoms with van der Waals surface area (Å²) in [6, 6.07) is 13.5. The Labute approximate surface area is 134 Å². The third-order valence-electron chi connectivity index (χ3n) is 3.95. The molecule has 4 aromatic rings. The van der Waals surface area contributed by atoms with Crippen LogP contribution in [0.5, 0.6) is 0 Å². The fraction of sp³-hybridized carbons (Fsp3) is 0.0588. The van der Waals surface area contributed by atoms with Crippen LogP contribution in [-0.2, 0) is 0 Å². The number of nitrogens with zero attached hydrogens (tertiary/aromatic N) is 3. The maximum atomic E-state index is 12.3. The number of fused-ring (bicyclic) bond motifs is 3. The normalized spacial score (nSPS) is 11.2. The average molecular weight is 321 g/mol. The molecule has 0 atom stereocenters. The van der Waals surface area contributed by atoms with Crippen LogP contribution in [0.3, 0.4) is 0 Å². The summed E-state index contributed by atoms with van der Waals surface area (Å²) in [6.07, 6.45) is 0. The van der Waals surface area contributed by atoms with Crippen molar-refractivity contribution in [1.29, 1.82) is 0 Å². The van der Waals surface area contributed by atoms with Crippen molar-refractivity contribution in [3.8, 4) is 5.69 Å². The molecule has 0 aliphatic heterocycles. The summed E-state index contributed by atoms with van der Waals surface area (Å²) < 4.78 is 6.95. The van der Waals surface area contributed by atoms with Crippen LogP contribution in [0.2, 0.25) is 0 Å². The van der Waals surface area contributed by atoms with Crippen LogP contribution in [0.4, 0.5) is 5.69 Å². The van der Waals surface area contributed by atoms with Gasteiger partial charge in [0.05, 0.1) is 21.7 Å². The Hall–Kier alpha value is -3.48. The molecular formula is C17H11N3O4. The zero-order chi connectivity index (χ0) is 16.8. The first-order chi connectivity index (χ1) is 11.6. The lowest BCUT2D eigenvalue weighted by molar-refractivity contribution is -0.384. The van der Waals surface area contributed by atoms with E-state index in [1.165, 1.54) is 18.2 Å². The molecule has 7 nitrogen and oxygen atoms in total. The first kappa shape index (κ1) is 14.1. The number of non-ortho nitro benzene ring substituents is 1. The average Bonchev–Trinajstić information content (AvgIpc) is 2.94. The van der Waals surface area contributed by atoms with Crippen molar-refractivity contribution >= 4 is 27.6 Å². The molecular weight excluding hydrogens is 310 g/mol. The van der Waals surface area contributed by atoms with E-state index in [0.717, 1.165) is 5.69 Å². The fourth-order valence-electron chi connectivity index (χ4n) is 2.81. The second kappa shape index (κ2) is 5.02. The monoisotopic (exact) mass is 321 g/mol. The predicted octanol–water partition coefficient (Wildman–Crippen LogP) is 3.35. The van der Waals surface area contributed by atoms with Crippen molar-refractivity contribution in [2.45, 2.75) is 6.92 Å². The maximum Gasteiger partial charge on any atom is 0.347 e. The molecule has 0 spiro atoms. The molecule has 0 unspecified atom stereocenters. The van der Waals surface area contributed by atoms with Crippen LogP contribution in [0, 0.1) is 17.0 Å². The number of rotatable bonds is 2. The van der Waals surface area contributed by atoms with Gasteiger partial charge in [0.15, 0.2) is 0 Å². The van der Waals surface area contributed by atoms with E-state index in [9.17, 15) is 14.9 Å². The smallest absolute Gasteiger partial charge is 0.347 e. The molecule has 24 heavy (non-hydrogen) atoms. The van der Waals surface area contributed by atoms with E-state index in [4.69, 9.17) is 4.42 Å².